The van der Waals surface area contributed by atoms with Crippen LogP contribution < -0.4 is 10.1 Å². The van der Waals surface area contributed by atoms with E-state index in [1.165, 1.54) is 6.21 Å². The number of nitrogens with zero attached hydrogens (tertiary/aromatic N) is 1. The molecule has 0 heterocycles. The highest BCUT2D eigenvalue weighted by Crippen LogP contribution is 2.19. The topological polar surface area (TPSA) is 90.8 Å². The Bertz CT molecular complexity index is 1040. The largest absolute Gasteiger partial charge is 0.507 e. The number of para-hydroxylation sites is 1. The lowest BCUT2D eigenvalue weighted by Crippen LogP contribution is -2.12. The van der Waals surface area contributed by atoms with Crippen molar-refractivity contribution in [1.29, 1.82) is 0 Å². The van der Waals surface area contributed by atoms with Crippen LogP contribution in [0.25, 0.3) is 0 Å². The van der Waals surface area contributed by atoms with Crippen LogP contribution in [0.4, 0.5) is 11.4 Å². The Morgan fingerprint density at radius 3 is 2.19 bits per heavy atom. The molecule has 3 aromatic carbocycles. The Kier molecular flexibility index (Phi) is 5.42. The van der Waals surface area contributed by atoms with Crippen LogP contribution in [0.15, 0.2) is 82.8 Å². The molecule has 7 heteroatoms. The van der Waals surface area contributed by atoms with Crippen molar-refractivity contribution < 1.29 is 13.5 Å². The first-order valence-corrected chi connectivity index (χ1v) is 9.69. The van der Waals surface area contributed by atoms with E-state index in [9.17, 15) is 13.5 Å². The van der Waals surface area contributed by atoms with E-state index in [2.05, 4.69) is 15.2 Å². The monoisotopic (exact) mass is 381 g/mol. The highest BCUT2D eigenvalue weighted by molar-refractivity contribution is 7.92. The summed E-state index contributed by atoms with van der Waals surface area (Å²) in [6.45, 7) is 1.90. The quantitative estimate of drug-likeness (QED) is 0.445. The van der Waals surface area contributed by atoms with Crippen LogP contribution in [0.5, 0.6) is 5.75 Å². The number of hydrogen-bond donors (Lipinski definition) is 3. The average Bonchev–Trinajstić information content (AvgIpc) is 2.65. The molecule has 0 saturated heterocycles. The lowest BCUT2D eigenvalue weighted by Gasteiger charge is -2.09. The second-order valence-corrected chi connectivity index (χ2v) is 7.61. The number of nitrogens with one attached hydrogen (secondary N) is 2. The van der Waals surface area contributed by atoms with Crippen molar-refractivity contribution >= 4 is 27.6 Å². The highest BCUT2D eigenvalue weighted by atomic mass is 32.2. The highest BCUT2D eigenvalue weighted by Gasteiger charge is 2.13. The molecule has 0 atom stereocenters. The molecule has 0 aliphatic heterocycles. The molecule has 6 nitrogen and oxygen atoms in total. The van der Waals surface area contributed by atoms with E-state index in [4.69, 9.17) is 0 Å². The molecule has 0 bridgehead atoms. The summed E-state index contributed by atoms with van der Waals surface area (Å²) in [5, 5.41) is 13.7. The summed E-state index contributed by atoms with van der Waals surface area (Å²) in [5.41, 5.74) is 5.54. The third-order valence-electron chi connectivity index (χ3n) is 3.80. The van der Waals surface area contributed by atoms with Crippen molar-refractivity contribution in [2.45, 2.75) is 11.8 Å². The molecule has 27 heavy (non-hydrogen) atoms. The predicted molar refractivity (Wildman–Crippen MR) is 108 cm³/mol. The molecule has 138 valence electrons. The summed E-state index contributed by atoms with van der Waals surface area (Å²) >= 11 is 0. The van der Waals surface area contributed by atoms with E-state index < -0.39 is 10.0 Å². The molecule has 0 radical (unpaired) electrons. The van der Waals surface area contributed by atoms with Crippen molar-refractivity contribution in [2.75, 3.05) is 10.1 Å². The first kappa shape index (κ1) is 18.5. The number of benzene rings is 3. The van der Waals surface area contributed by atoms with Crippen LogP contribution >= 0.6 is 0 Å². The van der Waals surface area contributed by atoms with Crippen LogP contribution in [-0.4, -0.2) is 19.7 Å². The summed E-state index contributed by atoms with van der Waals surface area (Å²) in [5.74, 6) is 0.143. The van der Waals surface area contributed by atoms with Crippen LogP contribution in [-0.2, 0) is 10.0 Å². The summed E-state index contributed by atoms with van der Waals surface area (Å²) in [4.78, 5) is 0.211. The molecule has 0 fully saturated rings. The van der Waals surface area contributed by atoms with Gasteiger partial charge in [0.25, 0.3) is 10.0 Å². The zero-order valence-electron chi connectivity index (χ0n) is 14.6. The van der Waals surface area contributed by atoms with E-state index >= 15 is 0 Å². The number of phenols is 1. The lowest BCUT2D eigenvalue weighted by molar-refractivity contribution is 0.474. The van der Waals surface area contributed by atoms with Crippen molar-refractivity contribution in [3.05, 3.63) is 83.9 Å². The van der Waals surface area contributed by atoms with Gasteiger partial charge in [0.1, 0.15) is 5.75 Å². The Morgan fingerprint density at radius 2 is 1.52 bits per heavy atom. The zero-order valence-corrected chi connectivity index (χ0v) is 15.4. The van der Waals surface area contributed by atoms with Gasteiger partial charge in [-0.3, -0.25) is 10.1 Å². The van der Waals surface area contributed by atoms with Crippen LogP contribution in [0, 0.1) is 6.92 Å². The van der Waals surface area contributed by atoms with Gasteiger partial charge in [-0.1, -0.05) is 29.8 Å². The summed E-state index contributed by atoms with van der Waals surface area (Å²) in [6, 6.07) is 20.2. The molecular weight excluding hydrogens is 362 g/mol. The van der Waals surface area contributed by atoms with E-state index in [1.807, 2.05) is 6.92 Å². The van der Waals surface area contributed by atoms with E-state index in [0.717, 1.165) is 5.56 Å². The minimum atomic E-state index is -3.63. The van der Waals surface area contributed by atoms with Crippen molar-refractivity contribution in [2.24, 2.45) is 5.10 Å². The van der Waals surface area contributed by atoms with Crippen LogP contribution in [0.2, 0.25) is 0 Å². The van der Waals surface area contributed by atoms with Gasteiger partial charge in [0.2, 0.25) is 0 Å². The number of phenolic OH excluding ortho intramolecular Hbond substituents is 1. The third kappa shape index (κ3) is 4.86. The van der Waals surface area contributed by atoms with Crippen molar-refractivity contribution in [1.82, 2.24) is 0 Å². The number of sulfonamides is 1. The summed E-state index contributed by atoms with van der Waals surface area (Å²) < 4.78 is 27.3. The minimum absolute atomic E-state index is 0.143. The second-order valence-electron chi connectivity index (χ2n) is 5.92. The van der Waals surface area contributed by atoms with E-state index in [0.29, 0.717) is 16.9 Å². The first-order chi connectivity index (χ1) is 12.9. The number of aryl methyl sites for hydroxylation is 1. The molecule has 3 N–H and O–H groups in total. The number of rotatable bonds is 6. The molecule has 0 aliphatic rings. The van der Waals surface area contributed by atoms with Crippen LogP contribution in [0.1, 0.15) is 11.1 Å². The molecule has 0 saturated carbocycles. The molecule has 3 rings (SSSR count). The number of hydrogen-bond acceptors (Lipinski definition) is 5. The Labute approximate surface area is 158 Å². The summed E-state index contributed by atoms with van der Waals surface area (Å²) in [6.07, 6.45) is 1.50. The Morgan fingerprint density at radius 1 is 0.889 bits per heavy atom. The third-order valence-corrected chi connectivity index (χ3v) is 5.20. The zero-order chi connectivity index (χ0) is 19.3. The fourth-order valence-corrected chi connectivity index (χ4v) is 3.38. The van der Waals surface area contributed by atoms with Gasteiger partial charge in [-0.25, -0.2) is 8.42 Å². The van der Waals surface area contributed by atoms with Gasteiger partial charge in [0.05, 0.1) is 16.8 Å². The minimum Gasteiger partial charge on any atom is -0.507 e. The van der Waals surface area contributed by atoms with Gasteiger partial charge >= 0.3 is 0 Å². The van der Waals surface area contributed by atoms with Gasteiger partial charge in [0.15, 0.2) is 0 Å². The maximum atomic E-state index is 12.4. The van der Waals surface area contributed by atoms with E-state index in [-0.39, 0.29) is 10.6 Å². The number of aromatic hydroxyl groups is 1. The van der Waals surface area contributed by atoms with Gasteiger partial charge < -0.3 is 5.11 Å². The first-order valence-electron chi connectivity index (χ1n) is 8.21. The maximum absolute atomic E-state index is 12.4. The fraction of sp³-hybridized carbons (Fsp3) is 0.0500. The fourth-order valence-electron chi connectivity index (χ4n) is 2.32. The molecule has 0 aliphatic carbocycles. The molecule has 0 spiro atoms. The molecular formula is C20H19N3O3S. The van der Waals surface area contributed by atoms with Crippen LogP contribution in [0.3, 0.4) is 0 Å². The van der Waals surface area contributed by atoms with Gasteiger partial charge in [-0.15, -0.1) is 0 Å². The standard InChI is InChI=1S/C20H19N3O3S/c1-15-6-12-19(13-7-15)27(25,26)23-18-10-8-17(9-11-18)22-21-14-16-4-2-3-5-20(16)24/h2-14,22-24H,1H3/b21-14+. The Hall–Kier alpha value is -3.32. The Balaban J connectivity index is 1.65. The smallest absolute Gasteiger partial charge is 0.261 e. The molecule has 3 aromatic rings. The lowest BCUT2D eigenvalue weighted by atomic mass is 10.2. The average molecular weight is 381 g/mol. The molecule has 0 amide bonds. The summed E-state index contributed by atoms with van der Waals surface area (Å²) in [7, 11) is -3.63. The van der Waals surface area contributed by atoms with Crippen molar-refractivity contribution in [3.8, 4) is 5.75 Å². The maximum Gasteiger partial charge on any atom is 0.261 e. The SMILES string of the molecule is Cc1ccc(S(=O)(=O)Nc2ccc(N/N=C/c3ccccc3O)cc2)cc1. The van der Waals surface area contributed by atoms with Gasteiger partial charge in [-0.05, 0) is 55.5 Å². The predicted octanol–water partition coefficient (Wildman–Crippen LogP) is 3.95. The number of anilines is 2. The van der Waals surface area contributed by atoms with E-state index in [1.54, 1.807) is 72.8 Å². The van der Waals surface area contributed by atoms with Crippen molar-refractivity contribution in [3.63, 3.8) is 0 Å². The number of hydrazone groups is 1. The molecule has 0 aromatic heterocycles. The second kappa shape index (κ2) is 7.92. The normalized spacial score (nSPS) is 11.4. The molecule has 0 unspecified atom stereocenters. The van der Waals surface area contributed by atoms with Gasteiger partial charge in [0, 0.05) is 11.3 Å². The van der Waals surface area contributed by atoms with Gasteiger partial charge in [-0.2, -0.15) is 5.10 Å².